The SMILES string of the molecule is Cc1cc(F)cc(-c2cc(C(C)(C)C)cc(-n3c4cc(C(C)(C)C)ccc4c4ccc(C(C)(C)C)cc43)c2O)c1OCCCOc1c(-c2cc(C(C)(C)C)cc(-n3c4cc(C(C)(C)C)ccc4c4ccc(C(C)(C)C)cc43)c2O)cc(F)cc1N(C)C. The summed E-state index contributed by atoms with van der Waals surface area (Å²) < 4.78 is 50.4. The van der Waals surface area contributed by atoms with Gasteiger partial charge in [-0.15, -0.1) is 0 Å². The van der Waals surface area contributed by atoms with Crippen molar-refractivity contribution in [2.75, 3.05) is 32.2 Å². The molecule has 2 N–H and O–H groups in total. The second-order valence-electron chi connectivity index (χ2n) is 30.7. The monoisotopic (exact) mass is 1170 g/mol. The molecule has 0 aliphatic heterocycles. The molecule has 10 aromatic rings. The Morgan fingerprint density at radius 1 is 0.379 bits per heavy atom. The molecule has 8 aromatic carbocycles. The van der Waals surface area contributed by atoms with Gasteiger partial charge in [-0.25, -0.2) is 8.78 Å². The molecule has 10 rings (SSSR count). The Hall–Kier alpha value is -7.78. The zero-order valence-corrected chi connectivity index (χ0v) is 55.5. The van der Waals surface area contributed by atoms with Gasteiger partial charge in [-0.3, -0.25) is 0 Å². The smallest absolute Gasteiger partial charge is 0.150 e. The molecule has 0 bridgehead atoms. The number of rotatable bonds is 11. The maximum absolute atomic E-state index is 16.3. The number of benzene rings is 8. The summed E-state index contributed by atoms with van der Waals surface area (Å²) in [5, 5.41) is 30.3. The number of anilines is 1. The molecule has 7 nitrogen and oxygen atoms in total. The Balaban J connectivity index is 1.06. The molecule has 87 heavy (non-hydrogen) atoms. The van der Waals surface area contributed by atoms with Crippen molar-refractivity contribution in [2.45, 2.75) is 170 Å². The summed E-state index contributed by atoms with van der Waals surface area (Å²) in [7, 11) is 3.70. The van der Waals surface area contributed by atoms with Crippen LogP contribution in [0, 0.1) is 18.6 Å². The van der Waals surface area contributed by atoms with E-state index in [4.69, 9.17) is 9.47 Å². The van der Waals surface area contributed by atoms with Gasteiger partial charge >= 0.3 is 0 Å². The minimum Gasteiger partial charge on any atom is -0.505 e. The van der Waals surface area contributed by atoms with Gasteiger partial charge in [0.05, 0.1) is 52.3 Å². The molecule has 0 saturated heterocycles. The van der Waals surface area contributed by atoms with Gasteiger partial charge in [-0.1, -0.05) is 173 Å². The number of hydrogen-bond acceptors (Lipinski definition) is 5. The third kappa shape index (κ3) is 11.8. The number of phenolic OH excluding ortho intramolecular Hbond substituents is 2. The first kappa shape index (κ1) is 62.3. The lowest BCUT2D eigenvalue weighted by Crippen LogP contribution is -2.15. The normalized spacial score (nSPS) is 13.0. The summed E-state index contributed by atoms with van der Waals surface area (Å²) in [6, 6.07) is 40.5. The van der Waals surface area contributed by atoms with E-state index in [0.717, 1.165) is 77.0 Å². The van der Waals surface area contributed by atoms with Gasteiger partial charge in [0.2, 0.25) is 0 Å². The molecule has 0 fully saturated rings. The van der Waals surface area contributed by atoms with Crippen molar-refractivity contribution in [3.63, 3.8) is 0 Å². The number of aryl methyl sites for hydroxylation is 1. The number of aromatic nitrogens is 2. The van der Waals surface area contributed by atoms with Crippen molar-refractivity contribution < 1.29 is 28.5 Å². The fourth-order valence-electron chi connectivity index (χ4n) is 12.1. The summed E-state index contributed by atoms with van der Waals surface area (Å²) in [5.41, 5.74) is 13.0. The van der Waals surface area contributed by atoms with Crippen LogP contribution in [0.2, 0.25) is 0 Å². The predicted octanol–water partition coefficient (Wildman–Crippen LogP) is 20.9. The van der Waals surface area contributed by atoms with Gasteiger partial charge in [-0.05, 0) is 145 Å². The van der Waals surface area contributed by atoms with Gasteiger partial charge in [0.25, 0.3) is 0 Å². The third-order valence-corrected chi connectivity index (χ3v) is 17.5. The number of hydrogen-bond donors (Lipinski definition) is 2. The first-order chi connectivity index (χ1) is 40.3. The predicted molar refractivity (Wildman–Crippen MR) is 363 cm³/mol. The molecule has 0 radical (unpaired) electrons. The van der Waals surface area contributed by atoms with Gasteiger partial charge in [0, 0.05) is 70.4 Å². The number of halogens is 2. The average molecular weight is 1170 g/mol. The van der Waals surface area contributed by atoms with Crippen LogP contribution >= 0.6 is 0 Å². The first-order valence-corrected chi connectivity index (χ1v) is 30.8. The summed E-state index contributed by atoms with van der Waals surface area (Å²) >= 11 is 0. The summed E-state index contributed by atoms with van der Waals surface area (Å²) in [6.07, 6.45) is 0.375. The van der Waals surface area contributed by atoms with Gasteiger partial charge in [-0.2, -0.15) is 0 Å². The Labute approximate surface area is 515 Å². The lowest BCUT2D eigenvalue weighted by Gasteiger charge is -2.26. The van der Waals surface area contributed by atoms with Crippen LogP contribution < -0.4 is 14.4 Å². The highest BCUT2D eigenvalue weighted by Gasteiger charge is 2.31. The van der Waals surface area contributed by atoms with E-state index in [-0.39, 0.29) is 57.2 Å². The maximum Gasteiger partial charge on any atom is 0.150 e. The molecular weight excluding hydrogens is 1080 g/mol. The van der Waals surface area contributed by atoms with Gasteiger partial charge in [0.1, 0.15) is 28.9 Å². The lowest BCUT2D eigenvalue weighted by atomic mass is 9.84. The Kier molecular flexibility index (Phi) is 15.6. The van der Waals surface area contributed by atoms with E-state index in [2.05, 4.69) is 219 Å². The van der Waals surface area contributed by atoms with Crippen molar-refractivity contribution in [1.29, 1.82) is 0 Å². The Bertz CT molecular complexity index is 4200. The standard InChI is InChI=1S/C78H91F2N3O4/c1-45-33-52(79)42-60(58-34-50(77(14,15)16)40-66(69(58)84)82-62-36-46(73(2,3)4)23-27-54(62)55-28-24-47(37-63(55)82)74(5,6)7)71(45)86-31-22-32-87-72-61(43-53(80)44-68(72)81(20)21)59-35-51(78(17,18)19)41-67(70(59)85)83-64-38-48(75(8,9)10)25-29-56(64)57-30-26-49(39-65(57)83)76(11,12)13/h23-30,33-44,84-85H,22,31-32H2,1-21H3. The Morgan fingerprint density at radius 2 is 0.690 bits per heavy atom. The van der Waals surface area contributed by atoms with Crippen molar-refractivity contribution in [3.05, 3.63) is 172 Å². The summed E-state index contributed by atoms with van der Waals surface area (Å²) in [5.74, 6) is -0.0744. The third-order valence-electron chi connectivity index (χ3n) is 17.5. The summed E-state index contributed by atoms with van der Waals surface area (Å²) in [6.45, 7) is 41.5. The molecule has 0 atom stereocenters. The molecule has 0 spiro atoms. The highest BCUT2D eigenvalue weighted by Crippen LogP contribution is 2.50. The van der Waals surface area contributed by atoms with Crippen LogP contribution in [-0.4, -0.2) is 46.7 Å². The van der Waals surface area contributed by atoms with Crippen LogP contribution in [0.5, 0.6) is 23.0 Å². The minimum absolute atomic E-state index is 0.00340. The largest absolute Gasteiger partial charge is 0.505 e. The van der Waals surface area contributed by atoms with Gasteiger partial charge < -0.3 is 33.7 Å². The van der Waals surface area contributed by atoms with E-state index in [1.54, 1.807) is 0 Å². The van der Waals surface area contributed by atoms with E-state index >= 15 is 8.78 Å². The highest BCUT2D eigenvalue weighted by molar-refractivity contribution is 6.11. The molecular formula is C78H91F2N3O4. The highest BCUT2D eigenvalue weighted by atomic mass is 19.1. The second kappa shape index (κ2) is 21.8. The van der Waals surface area contributed by atoms with Crippen LogP contribution in [0.3, 0.4) is 0 Å². The first-order valence-electron chi connectivity index (χ1n) is 30.8. The Morgan fingerprint density at radius 3 is 1.01 bits per heavy atom. The molecule has 2 heterocycles. The molecule has 0 aliphatic rings. The molecule has 0 unspecified atom stereocenters. The topological polar surface area (TPSA) is 72.0 Å². The van der Waals surface area contributed by atoms with Crippen molar-refractivity contribution in [1.82, 2.24) is 9.13 Å². The number of nitrogens with zero attached hydrogens (tertiary/aromatic N) is 3. The number of aromatic hydroxyl groups is 2. The number of fused-ring (bicyclic) bond motifs is 6. The molecule has 0 amide bonds. The molecule has 0 aliphatic carbocycles. The molecule has 2 aromatic heterocycles. The number of phenols is 2. The minimum atomic E-state index is -0.475. The van der Waals surface area contributed by atoms with Crippen LogP contribution in [-0.2, 0) is 32.5 Å². The fraction of sp³-hybridized carbons (Fsp3) is 0.385. The lowest BCUT2D eigenvalue weighted by molar-refractivity contribution is 0.247. The van der Waals surface area contributed by atoms with E-state index in [0.29, 0.717) is 62.8 Å². The van der Waals surface area contributed by atoms with Crippen LogP contribution in [0.1, 0.15) is 170 Å². The van der Waals surface area contributed by atoms with E-state index in [1.807, 2.05) is 38.1 Å². The van der Waals surface area contributed by atoms with Crippen molar-refractivity contribution in [3.8, 4) is 56.6 Å². The van der Waals surface area contributed by atoms with E-state index in [9.17, 15) is 10.2 Å². The average Bonchev–Trinajstić information content (AvgIpc) is 1.65. The van der Waals surface area contributed by atoms with E-state index < -0.39 is 11.6 Å². The van der Waals surface area contributed by atoms with Gasteiger partial charge in [0.15, 0.2) is 5.75 Å². The maximum atomic E-state index is 16.3. The van der Waals surface area contributed by atoms with Crippen molar-refractivity contribution >= 4 is 49.3 Å². The van der Waals surface area contributed by atoms with Crippen LogP contribution in [0.25, 0.3) is 77.2 Å². The molecule has 456 valence electrons. The second-order valence-corrected chi connectivity index (χ2v) is 30.7. The fourth-order valence-corrected chi connectivity index (χ4v) is 12.1. The zero-order valence-electron chi connectivity index (χ0n) is 55.5. The quantitative estimate of drug-likeness (QED) is 0.126. The van der Waals surface area contributed by atoms with Crippen LogP contribution in [0.4, 0.5) is 14.5 Å². The van der Waals surface area contributed by atoms with Crippen molar-refractivity contribution in [2.24, 2.45) is 0 Å². The number of ether oxygens (including phenoxy) is 2. The van der Waals surface area contributed by atoms with E-state index in [1.165, 1.54) is 24.3 Å². The molecule has 0 saturated carbocycles. The molecule has 9 heteroatoms. The summed E-state index contributed by atoms with van der Waals surface area (Å²) in [4.78, 5) is 1.83. The van der Waals surface area contributed by atoms with Crippen LogP contribution in [0.15, 0.2) is 121 Å². The zero-order chi connectivity index (χ0) is 63.6.